The summed E-state index contributed by atoms with van der Waals surface area (Å²) in [4.78, 5) is 13.4. The zero-order chi connectivity index (χ0) is 62.5. The summed E-state index contributed by atoms with van der Waals surface area (Å²) in [6.45, 7) is 31.1. The molecule has 16 nitrogen and oxygen atoms in total. The van der Waals surface area contributed by atoms with E-state index in [4.69, 9.17) is 23.7 Å². The molecule has 0 radical (unpaired) electrons. The van der Waals surface area contributed by atoms with Gasteiger partial charge in [0.1, 0.15) is 46.8 Å². The summed E-state index contributed by atoms with van der Waals surface area (Å²) < 4.78 is 124. The second kappa shape index (κ2) is 27.6. The summed E-state index contributed by atoms with van der Waals surface area (Å²) in [5, 5.41) is 15.8. The van der Waals surface area contributed by atoms with E-state index >= 15 is 0 Å². The van der Waals surface area contributed by atoms with Gasteiger partial charge in [-0.05, 0) is 143 Å². The zero-order valence-corrected chi connectivity index (χ0v) is 58.1. The largest absolute Gasteiger partial charge is 0.573 e. The maximum atomic E-state index is 13.2. The van der Waals surface area contributed by atoms with E-state index in [1.165, 1.54) is 30.3 Å². The van der Waals surface area contributed by atoms with Gasteiger partial charge in [-0.1, -0.05) is 83.2 Å². The summed E-state index contributed by atoms with van der Waals surface area (Å²) in [6, 6.07) is 20.6. The Morgan fingerprint density at radius 2 is 0.882 bits per heavy atom. The highest BCUT2D eigenvalue weighted by molar-refractivity contribution is 14.1. The van der Waals surface area contributed by atoms with Gasteiger partial charge in [0.15, 0.2) is 23.2 Å². The topological polar surface area (TPSA) is 157 Å². The fraction of sp³-hybridized carbons (Fsp3) is 0.474. The van der Waals surface area contributed by atoms with Gasteiger partial charge in [0.25, 0.3) is 0 Å². The number of rotatable bonds is 20. The lowest BCUT2D eigenvalue weighted by molar-refractivity contribution is -0.275. The smallest absolute Gasteiger partial charge is 0.405 e. The number of alkyl halides is 6. The lowest BCUT2D eigenvalue weighted by Gasteiger charge is -2.30. The van der Waals surface area contributed by atoms with Crippen molar-refractivity contribution < 1.29 is 59.5 Å². The Hall–Kier alpha value is -4.38. The van der Waals surface area contributed by atoms with Gasteiger partial charge in [-0.3, -0.25) is 0 Å². The van der Waals surface area contributed by atoms with Crippen molar-refractivity contribution in [1.82, 2.24) is 44.3 Å². The van der Waals surface area contributed by atoms with Crippen molar-refractivity contribution in [2.75, 3.05) is 19.8 Å². The highest BCUT2D eigenvalue weighted by Crippen LogP contribution is 2.46. The van der Waals surface area contributed by atoms with Crippen LogP contribution in [-0.2, 0) is 43.9 Å². The van der Waals surface area contributed by atoms with Crippen LogP contribution in [0, 0.1) is 3.70 Å². The molecule has 462 valence electrons. The minimum absolute atomic E-state index is 0.117. The number of benzene rings is 2. The van der Waals surface area contributed by atoms with Crippen molar-refractivity contribution in [3.8, 4) is 34.0 Å². The monoisotopic (exact) mass is 1480 g/mol. The third kappa shape index (κ3) is 19.3. The Labute approximate surface area is 524 Å². The molecule has 0 bridgehead atoms. The van der Waals surface area contributed by atoms with E-state index in [1.807, 2.05) is 38.4 Å². The van der Waals surface area contributed by atoms with Crippen LogP contribution in [0.4, 0.5) is 26.3 Å². The first-order valence-electron chi connectivity index (χ1n) is 27.3. The molecule has 1 saturated heterocycles. The predicted octanol–water partition coefficient (Wildman–Crippen LogP) is 17.1. The van der Waals surface area contributed by atoms with E-state index in [1.54, 1.807) is 64.4 Å². The van der Waals surface area contributed by atoms with Crippen LogP contribution in [0.2, 0.25) is 77.1 Å². The van der Waals surface area contributed by atoms with Gasteiger partial charge in [0.05, 0.1) is 16.6 Å². The average Bonchev–Trinajstić information content (AvgIpc) is 4.05. The molecule has 0 N–H and O–H groups in total. The van der Waals surface area contributed by atoms with Crippen molar-refractivity contribution >= 4 is 112 Å². The van der Waals surface area contributed by atoms with E-state index < -0.39 is 54.4 Å². The van der Waals surface area contributed by atoms with Gasteiger partial charge in [0, 0.05) is 99.0 Å². The summed E-state index contributed by atoms with van der Waals surface area (Å²) in [5.74, 6) is -0.659. The Bertz CT molecular complexity index is 3550. The first-order valence-corrected chi connectivity index (χ1v) is 41.1. The number of hydrogen-bond donors (Lipinski definition) is 0. The molecule has 0 spiro atoms. The summed E-state index contributed by atoms with van der Waals surface area (Å²) in [5.41, 5.74) is 2.48. The Morgan fingerprint density at radius 1 is 0.529 bits per heavy atom. The molecule has 1 aliphatic heterocycles. The van der Waals surface area contributed by atoms with Crippen LogP contribution in [-0.4, -0.2) is 112 Å². The normalized spacial score (nSPS) is 14.8. The minimum atomic E-state index is -4.85. The second-order valence-corrected chi connectivity index (χ2v) is 44.6. The van der Waals surface area contributed by atoms with Crippen LogP contribution in [0.5, 0.6) is 11.5 Å². The molecular formula is C57H72Br2F6IN9O7Si3. The maximum Gasteiger partial charge on any atom is 0.573 e. The fourth-order valence-corrected chi connectivity index (χ4v) is 11.8. The number of nitrogens with zero attached hydrogens (tertiary/aromatic N) is 9. The molecule has 6 aromatic heterocycles. The highest BCUT2D eigenvalue weighted by Gasteiger charge is 2.50. The molecule has 0 unspecified atom stereocenters. The zero-order valence-electron chi connectivity index (χ0n) is 49.8. The molecule has 2 aromatic carbocycles. The van der Waals surface area contributed by atoms with Gasteiger partial charge in [-0.25, -0.2) is 29.0 Å². The van der Waals surface area contributed by atoms with Gasteiger partial charge in [-0.2, -0.15) is 15.3 Å². The average molecular weight is 1480 g/mol. The summed E-state index contributed by atoms with van der Waals surface area (Å²) in [7, 11) is -3.56. The molecule has 8 aromatic rings. The Morgan fingerprint density at radius 3 is 1.28 bits per heavy atom. The fourth-order valence-electron chi connectivity index (χ4n) is 8.22. The van der Waals surface area contributed by atoms with Crippen LogP contribution < -0.4 is 9.47 Å². The van der Waals surface area contributed by atoms with Gasteiger partial charge in [0.2, 0.25) is 0 Å². The highest BCUT2D eigenvalue weighted by atomic mass is 127. The van der Waals surface area contributed by atoms with Crippen molar-refractivity contribution in [2.24, 2.45) is 0 Å². The lowest BCUT2D eigenvalue weighted by atomic mass is 9.90. The van der Waals surface area contributed by atoms with Crippen LogP contribution >= 0.6 is 54.5 Å². The van der Waals surface area contributed by atoms with Crippen molar-refractivity contribution in [2.45, 2.75) is 155 Å². The number of aromatic nitrogens is 9. The van der Waals surface area contributed by atoms with Gasteiger partial charge >= 0.3 is 12.7 Å². The summed E-state index contributed by atoms with van der Waals surface area (Å²) in [6.07, 6.45) is -5.28. The number of hydrogen-bond acceptors (Lipinski definition) is 13. The predicted molar refractivity (Wildman–Crippen MR) is 340 cm³/mol. The second-order valence-electron chi connectivity index (χ2n) is 24.9. The van der Waals surface area contributed by atoms with Gasteiger partial charge in [-0.15, -0.1) is 26.3 Å². The number of fused-ring (bicyclic) bond motifs is 3. The van der Waals surface area contributed by atoms with E-state index in [9.17, 15) is 26.3 Å². The standard InChI is InChI=1S/C26H34F3N3O4Si.C19H21BrF3N3O2Si.C12H17BrIN3OSi/c1-24(2)25(3,4)36-23(35-24)17-14-19-21(18-10-8-9-11-20(18)34-26(27,28)29)31-32(22(19)30-15-17)16-33-12-13-37(5,6)7;1-29(2,3)9-8-27-12-26-18-15(10-13(20)11-24-18)17(25-26)14-6-4-5-7-16(14)28-19(21,22)23;1-19(2,3)5-4-18-8-17-12-10(11(14)16-17)6-9(13)7-15-12/h8-11,14-15,23H,12-13,16H2,1-7H3;4-7,10-11H,8-9,12H2,1-3H3;6-7H,4-5,8H2,1-3H3. The van der Waals surface area contributed by atoms with Crippen molar-refractivity contribution in [1.29, 1.82) is 0 Å². The first kappa shape index (κ1) is 68.1. The van der Waals surface area contributed by atoms with Crippen molar-refractivity contribution in [3.63, 3.8) is 0 Å². The molecule has 1 fully saturated rings. The van der Waals surface area contributed by atoms with E-state index in [2.05, 4.69) is 153 Å². The molecule has 7 heterocycles. The molecule has 0 atom stereocenters. The molecule has 1 aliphatic rings. The number of pyridine rings is 3. The Kier molecular flexibility index (Phi) is 22.1. The molecule has 0 amide bonds. The van der Waals surface area contributed by atoms with E-state index in [0.29, 0.717) is 63.4 Å². The SMILES string of the molecule is CC1(C)OC(c2cnc3c(c2)c(-c2ccccc2OC(F)(F)F)nn3COCC[Si](C)(C)C)OC1(C)C.C[Si](C)(C)CCOCn1nc(-c2ccccc2OC(F)(F)F)c2cc(Br)cnc21.C[Si](C)(C)CCOCn1nc(I)c2cc(Br)cnc21. The molecule has 28 heteroatoms. The maximum absolute atomic E-state index is 13.2. The molecule has 0 aliphatic carbocycles. The van der Waals surface area contributed by atoms with Crippen LogP contribution in [0.25, 0.3) is 55.6 Å². The van der Waals surface area contributed by atoms with Crippen LogP contribution in [0.15, 0.2) is 94.3 Å². The summed E-state index contributed by atoms with van der Waals surface area (Å²) >= 11 is 9.02. The third-order valence-corrected chi connectivity index (χ3v) is 20.3. The Balaban J connectivity index is 0.000000192. The van der Waals surface area contributed by atoms with Crippen LogP contribution in [0.1, 0.15) is 39.5 Å². The van der Waals surface area contributed by atoms with Crippen LogP contribution in [0.3, 0.4) is 0 Å². The van der Waals surface area contributed by atoms with Crippen molar-refractivity contribution in [3.05, 3.63) is 104 Å². The number of para-hydroxylation sites is 2. The van der Waals surface area contributed by atoms with E-state index in [-0.39, 0.29) is 36.1 Å². The molecule has 9 rings (SSSR count). The lowest BCUT2D eigenvalue weighted by Crippen LogP contribution is -2.41. The minimum Gasteiger partial charge on any atom is -0.405 e. The van der Waals surface area contributed by atoms with Gasteiger partial charge < -0.3 is 33.2 Å². The molecule has 0 saturated carbocycles. The quantitative estimate of drug-likeness (QED) is 0.0308. The third-order valence-electron chi connectivity index (χ3n) is 13.6. The molecular weight excluding hydrogens is 1410 g/mol. The van der Waals surface area contributed by atoms with E-state index in [0.717, 1.165) is 37.9 Å². The number of ether oxygens (including phenoxy) is 7. The number of halogens is 9. The molecule has 85 heavy (non-hydrogen) atoms. The first-order chi connectivity index (χ1) is 39.5.